The summed E-state index contributed by atoms with van der Waals surface area (Å²) in [7, 11) is 3.27. The second kappa shape index (κ2) is 6.81. The predicted molar refractivity (Wildman–Crippen MR) is 81.5 cm³/mol. The summed E-state index contributed by atoms with van der Waals surface area (Å²) < 4.78 is 17.4. The van der Waals surface area contributed by atoms with Crippen molar-refractivity contribution in [3.8, 4) is 11.5 Å². The number of rotatable bonds is 6. The third-order valence-corrected chi connectivity index (χ3v) is 3.71. The number of nitrogens with one attached hydrogen (secondary N) is 1. The molecule has 1 N–H and O–H groups in total. The lowest BCUT2D eigenvalue weighted by Crippen LogP contribution is -2.22. The van der Waals surface area contributed by atoms with Crippen molar-refractivity contribution in [3.05, 3.63) is 46.3 Å². The molecular formula is C15H18BrNO3. The zero-order valence-electron chi connectivity index (χ0n) is 11.8. The highest BCUT2D eigenvalue weighted by molar-refractivity contribution is 9.10. The van der Waals surface area contributed by atoms with Gasteiger partial charge in [0.2, 0.25) is 0 Å². The molecule has 0 fully saturated rings. The van der Waals surface area contributed by atoms with Crippen molar-refractivity contribution >= 4 is 15.9 Å². The van der Waals surface area contributed by atoms with Crippen LogP contribution in [-0.2, 0) is 0 Å². The highest BCUT2D eigenvalue weighted by Gasteiger charge is 2.24. The third-order valence-electron chi connectivity index (χ3n) is 3.06. The average Bonchev–Trinajstić information content (AvgIpc) is 2.89. The summed E-state index contributed by atoms with van der Waals surface area (Å²) in [5, 5.41) is 3.41. The van der Waals surface area contributed by atoms with E-state index in [0.29, 0.717) is 11.5 Å². The second-order valence-corrected chi connectivity index (χ2v) is 5.06. The fourth-order valence-electron chi connectivity index (χ4n) is 2.20. The molecule has 0 bridgehead atoms. The Morgan fingerprint density at radius 3 is 2.60 bits per heavy atom. The van der Waals surface area contributed by atoms with Gasteiger partial charge in [0.15, 0.2) is 11.5 Å². The molecule has 1 aromatic carbocycles. The fraction of sp³-hybridized carbons (Fsp3) is 0.333. The molecule has 0 radical (unpaired) electrons. The molecule has 2 aromatic rings. The molecule has 2 rings (SSSR count). The first-order valence-corrected chi connectivity index (χ1v) is 7.19. The Bertz CT molecular complexity index is 568. The van der Waals surface area contributed by atoms with Crippen LogP contribution >= 0.6 is 15.9 Å². The number of methoxy groups -OCH3 is 2. The Hall–Kier alpha value is -1.46. The van der Waals surface area contributed by atoms with E-state index in [9.17, 15) is 0 Å². The van der Waals surface area contributed by atoms with Crippen LogP contribution in [0.1, 0.15) is 24.3 Å². The lowest BCUT2D eigenvalue weighted by molar-refractivity contribution is 0.345. The number of halogens is 1. The summed E-state index contributed by atoms with van der Waals surface area (Å²) in [5.41, 5.74) is 0.976. The van der Waals surface area contributed by atoms with Gasteiger partial charge in [-0.2, -0.15) is 0 Å². The molecule has 4 nitrogen and oxygen atoms in total. The van der Waals surface area contributed by atoms with Crippen molar-refractivity contribution < 1.29 is 13.9 Å². The standard InChI is InChI=1S/C15H18BrNO3/c1-4-17-13(15-11(16)8-9-20-15)10-6-5-7-12(18-2)14(10)19-3/h5-9,13,17H,4H2,1-3H3. The van der Waals surface area contributed by atoms with Crippen LogP contribution in [0, 0.1) is 0 Å². The van der Waals surface area contributed by atoms with Gasteiger partial charge in [-0.05, 0) is 34.6 Å². The van der Waals surface area contributed by atoms with Crippen LogP contribution in [0.3, 0.4) is 0 Å². The number of ether oxygens (including phenoxy) is 2. The maximum Gasteiger partial charge on any atom is 0.165 e. The molecule has 0 aliphatic carbocycles. The molecule has 108 valence electrons. The van der Waals surface area contributed by atoms with E-state index in [4.69, 9.17) is 13.9 Å². The smallest absolute Gasteiger partial charge is 0.165 e. The molecule has 0 spiro atoms. The van der Waals surface area contributed by atoms with Gasteiger partial charge >= 0.3 is 0 Å². The Morgan fingerprint density at radius 2 is 2.05 bits per heavy atom. The molecule has 0 saturated heterocycles. The van der Waals surface area contributed by atoms with E-state index in [2.05, 4.69) is 28.2 Å². The number of hydrogen-bond acceptors (Lipinski definition) is 4. The van der Waals surface area contributed by atoms with Crippen LogP contribution in [0.4, 0.5) is 0 Å². The van der Waals surface area contributed by atoms with Crippen LogP contribution in [-0.4, -0.2) is 20.8 Å². The van der Waals surface area contributed by atoms with Crippen molar-refractivity contribution in [2.75, 3.05) is 20.8 Å². The van der Waals surface area contributed by atoms with Gasteiger partial charge in [-0.25, -0.2) is 0 Å². The molecule has 0 saturated carbocycles. The molecule has 5 heteroatoms. The molecule has 1 aromatic heterocycles. The minimum atomic E-state index is -0.102. The van der Waals surface area contributed by atoms with Crippen LogP contribution in [0.15, 0.2) is 39.4 Å². The molecule has 1 atom stereocenters. The van der Waals surface area contributed by atoms with Crippen molar-refractivity contribution in [2.24, 2.45) is 0 Å². The van der Waals surface area contributed by atoms with E-state index < -0.39 is 0 Å². The van der Waals surface area contributed by atoms with Gasteiger partial charge in [0.25, 0.3) is 0 Å². The highest BCUT2D eigenvalue weighted by atomic mass is 79.9. The van der Waals surface area contributed by atoms with Crippen LogP contribution in [0.25, 0.3) is 0 Å². The van der Waals surface area contributed by atoms with Crippen molar-refractivity contribution in [3.63, 3.8) is 0 Å². The summed E-state index contributed by atoms with van der Waals surface area (Å²) in [4.78, 5) is 0. The van der Waals surface area contributed by atoms with Gasteiger partial charge in [0.05, 0.1) is 31.0 Å². The van der Waals surface area contributed by atoms with E-state index in [-0.39, 0.29) is 6.04 Å². The normalized spacial score (nSPS) is 12.2. The van der Waals surface area contributed by atoms with Gasteiger partial charge in [0, 0.05) is 5.56 Å². The minimum absolute atomic E-state index is 0.102. The quantitative estimate of drug-likeness (QED) is 0.870. The van der Waals surface area contributed by atoms with E-state index in [1.165, 1.54) is 0 Å². The molecule has 0 aliphatic rings. The number of hydrogen-bond donors (Lipinski definition) is 1. The van der Waals surface area contributed by atoms with E-state index in [0.717, 1.165) is 22.3 Å². The van der Waals surface area contributed by atoms with Gasteiger partial charge in [-0.15, -0.1) is 0 Å². The molecular weight excluding hydrogens is 322 g/mol. The lowest BCUT2D eigenvalue weighted by Gasteiger charge is -2.20. The second-order valence-electron chi connectivity index (χ2n) is 4.21. The fourth-order valence-corrected chi connectivity index (χ4v) is 2.63. The summed E-state index contributed by atoms with van der Waals surface area (Å²) in [6.07, 6.45) is 1.66. The van der Waals surface area contributed by atoms with E-state index in [1.54, 1.807) is 20.5 Å². The lowest BCUT2D eigenvalue weighted by atomic mass is 10.0. The van der Waals surface area contributed by atoms with Gasteiger partial charge in [0.1, 0.15) is 5.76 Å². The van der Waals surface area contributed by atoms with Crippen molar-refractivity contribution in [1.82, 2.24) is 5.32 Å². The Balaban J connectivity index is 2.52. The zero-order valence-corrected chi connectivity index (χ0v) is 13.4. The monoisotopic (exact) mass is 339 g/mol. The van der Waals surface area contributed by atoms with Crippen molar-refractivity contribution in [1.29, 1.82) is 0 Å². The minimum Gasteiger partial charge on any atom is -0.493 e. The van der Waals surface area contributed by atoms with E-state index >= 15 is 0 Å². The summed E-state index contributed by atoms with van der Waals surface area (Å²) in [6.45, 7) is 2.86. The van der Waals surface area contributed by atoms with Crippen LogP contribution in [0.5, 0.6) is 11.5 Å². The summed E-state index contributed by atoms with van der Waals surface area (Å²) in [6, 6.07) is 7.60. The maximum absolute atomic E-state index is 5.60. The molecule has 0 amide bonds. The first-order chi connectivity index (χ1) is 9.72. The topological polar surface area (TPSA) is 43.6 Å². The first kappa shape index (κ1) is 14.9. The van der Waals surface area contributed by atoms with Gasteiger partial charge < -0.3 is 19.2 Å². The maximum atomic E-state index is 5.60. The van der Waals surface area contributed by atoms with Gasteiger partial charge in [-0.1, -0.05) is 19.1 Å². The first-order valence-electron chi connectivity index (χ1n) is 6.40. The van der Waals surface area contributed by atoms with Crippen LogP contribution in [0.2, 0.25) is 0 Å². The van der Waals surface area contributed by atoms with Gasteiger partial charge in [-0.3, -0.25) is 0 Å². The van der Waals surface area contributed by atoms with Crippen LogP contribution < -0.4 is 14.8 Å². The Kier molecular flexibility index (Phi) is 5.09. The molecule has 1 heterocycles. The predicted octanol–water partition coefficient (Wildman–Crippen LogP) is 3.76. The number of para-hydroxylation sites is 1. The molecule has 20 heavy (non-hydrogen) atoms. The highest BCUT2D eigenvalue weighted by Crippen LogP contribution is 2.39. The third kappa shape index (κ3) is 2.83. The summed E-state index contributed by atoms with van der Waals surface area (Å²) >= 11 is 3.51. The zero-order chi connectivity index (χ0) is 14.5. The number of benzene rings is 1. The average molecular weight is 340 g/mol. The number of furan rings is 1. The Labute approximate surface area is 127 Å². The Morgan fingerprint density at radius 1 is 1.25 bits per heavy atom. The molecule has 1 unspecified atom stereocenters. The SMILES string of the molecule is CCNC(c1cccc(OC)c1OC)c1occc1Br. The summed E-state index contributed by atoms with van der Waals surface area (Å²) in [5.74, 6) is 2.23. The van der Waals surface area contributed by atoms with E-state index in [1.807, 2.05) is 24.3 Å². The van der Waals surface area contributed by atoms with Crippen molar-refractivity contribution in [2.45, 2.75) is 13.0 Å². The molecule has 0 aliphatic heterocycles. The largest absolute Gasteiger partial charge is 0.493 e.